The van der Waals surface area contributed by atoms with Crippen LogP contribution in [0.5, 0.6) is 0 Å². The molecule has 0 amide bonds. The van der Waals surface area contributed by atoms with E-state index in [9.17, 15) is 0 Å². The van der Waals surface area contributed by atoms with Crippen LogP contribution < -0.4 is 0 Å². The average molecular weight is 357 g/mol. The SMILES string of the molecule is [B][C@@H]1O[C@H](COC)C(OC)[C@@H]1OCCN(CCN(C)C)CCN(C)C. The Labute approximate surface area is 154 Å². The zero-order valence-corrected chi connectivity index (χ0v) is 16.8. The van der Waals surface area contributed by atoms with Gasteiger partial charge in [-0.05, 0) is 28.2 Å². The summed E-state index contributed by atoms with van der Waals surface area (Å²) >= 11 is 0. The molecule has 1 heterocycles. The Bertz CT molecular complexity index is 338. The maximum atomic E-state index is 6.07. The molecule has 1 aliphatic rings. The van der Waals surface area contributed by atoms with Gasteiger partial charge in [-0.1, -0.05) is 0 Å². The molecule has 2 radical (unpaired) electrons. The standard InChI is InChI=1S/C17H36BN3O4/c1-19(2)7-9-21(10-8-20(3)4)11-12-24-16-15(23-6)14(13-22-5)25-17(16)18/h14-17H,7-13H2,1-6H3/t14-,15?,16+,17-/m1/s1. The van der Waals surface area contributed by atoms with Gasteiger partial charge in [-0.25, -0.2) is 0 Å². The quantitative estimate of drug-likeness (QED) is 0.406. The molecule has 0 aromatic rings. The lowest BCUT2D eigenvalue weighted by Gasteiger charge is -2.27. The van der Waals surface area contributed by atoms with E-state index in [0.717, 1.165) is 32.7 Å². The van der Waals surface area contributed by atoms with Gasteiger partial charge in [0.15, 0.2) is 0 Å². The first-order valence-corrected chi connectivity index (χ1v) is 8.95. The second-order valence-electron chi connectivity index (χ2n) is 7.08. The molecule has 1 saturated heterocycles. The van der Waals surface area contributed by atoms with Gasteiger partial charge in [0.25, 0.3) is 0 Å². The van der Waals surface area contributed by atoms with Crippen LogP contribution in [0.4, 0.5) is 0 Å². The molecule has 146 valence electrons. The van der Waals surface area contributed by atoms with Gasteiger partial charge in [0.2, 0.25) is 0 Å². The van der Waals surface area contributed by atoms with Crippen LogP contribution in [0.1, 0.15) is 0 Å². The minimum absolute atomic E-state index is 0.186. The summed E-state index contributed by atoms with van der Waals surface area (Å²) in [6, 6.07) is -0.484. The number of rotatable bonds is 13. The molecular weight excluding hydrogens is 321 g/mol. The fourth-order valence-electron chi connectivity index (χ4n) is 2.87. The second-order valence-corrected chi connectivity index (χ2v) is 7.08. The summed E-state index contributed by atoms with van der Waals surface area (Å²) in [6.45, 7) is 5.98. The first kappa shape index (κ1) is 22.8. The van der Waals surface area contributed by atoms with Crippen molar-refractivity contribution in [1.29, 1.82) is 0 Å². The van der Waals surface area contributed by atoms with Crippen LogP contribution in [-0.2, 0) is 18.9 Å². The molecule has 4 atom stereocenters. The zero-order valence-electron chi connectivity index (χ0n) is 16.8. The molecule has 0 aromatic heterocycles. The van der Waals surface area contributed by atoms with Gasteiger partial charge >= 0.3 is 0 Å². The van der Waals surface area contributed by atoms with Crippen molar-refractivity contribution in [3.05, 3.63) is 0 Å². The number of likely N-dealkylation sites (N-methyl/N-ethyl adjacent to an activating group) is 2. The molecule has 25 heavy (non-hydrogen) atoms. The molecule has 1 rings (SSSR count). The highest BCUT2D eigenvalue weighted by atomic mass is 16.6. The van der Waals surface area contributed by atoms with Crippen molar-refractivity contribution < 1.29 is 18.9 Å². The summed E-state index contributed by atoms with van der Waals surface area (Å²) in [7, 11) is 17.7. The molecular formula is C17H36BN3O4. The van der Waals surface area contributed by atoms with Crippen LogP contribution in [0, 0.1) is 0 Å². The Morgan fingerprint density at radius 1 is 0.880 bits per heavy atom. The minimum Gasteiger partial charge on any atom is -0.382 e. The van der Waals surface area contributed by atoms with Crippen molar-refractivity contribution in [3.8, 4) is 0 Å². The van der Waals surface area contributed by atoms with Crippen LogP contribution in [0.3, 0.4) is 0 Å². The summed E-state index contributed by atoms with van der Waals surface area (Å²) in [5.41, 5.74) is 0. The Balaban J connectivity index is 2.46. The molecule has 1 fully saturated rings. The van der Waals surface area contributed by atoms with Gasteiger partial charge in [0, 0.05) is 52.9 Å². The number of methoxy groups -OCH3 is 2. The number of ether oxygens (including phenoxy) is 4. The average Bonchev–Trinajstić information content (AvgIpc) is 2.84. The van der Waals surface area contributed by atoms with E-state index in [4.69, 9.17) is 26.8 Å². The predicted octanol–water partition coefficient (Wildman–Crippen LogP) is -0.648. The first-order chi connectivity index (χ1) is 11.9. The topological polar surface area (TPSA) is 46.6 Å². The summed E-state index contributed by atoms with van der Waals surface area (Å²) < 4.78 is 22.5. The van der Waals surface area contributed by atoms with E-state index in [1.807, 2.05) is 0 Å². The molecule has 0 saturated carbocycles. The van der Waals surface area contributed by atoms with E-state index in [1.54, 1.807) is 14.2 Å². The molecule has 0 spiro atoms. The zero-order chi connectivity index (χ0) is 18.8. The van der Waals surface area contributed by atoms with Crippen molar-refractivity contribution in [1.82, 2.24) is 14.7 Å². The number of hydrogen-bond acceptors (Lipinski definition) is 7. The highest BCUT2D eigenvalue weighted by Crippen LogP contribution is 2.24. The summed E-state index contributed by atoms with van der Waals surface area (Å²) in [6.07, 6.45) is -0.657. The Morgan fingerprint density at radius 2 is 1.48 bits per heavy atom. The van der Waals surface area contributed by atoms with Crippen molar-refractivity contribution in [2.24, 2.45) is 0 Å². The highest BCUT2D eigenvalue weighted by Gasteiger charge is 2.42. The Hall–Kier alpha value is -0.215. The number of nitrogens with zero attached hydrogens (tertiary/aromatic N) is 3. The molecule has 7 nitrogen and oxygen atoms in total. The van der Waals surface area contributed by atoms with Crippen molar-refractivity contribution in [2.45, 2.75) is 24.3 Å². The van der Waals surface area contributed by atoms with Crippen molar-refractivity contribution in [2.75, 3.05) is 88.3 Å². The van der Waals surface area contributed by atoms with Gasteiger partial charge < -0.3 is 28.7 Å². The summed E-state index contributed by atoms with van der Waals surface area (Å²) in [4.78, 5) is 6.80. The third kappa shape index (κ3) is 8.34. The summed E-state index contributed by atoms with van der Waals surface area (Å²) in [5.74, 6) is 0. The Morgan fingerprint density at radius 3 is 1.96 bits per heavy atom. The van der Waals surface area contributed by atoms with Crippen LogP contribution in [0.25, 0.3) is 0 Å². The third-order valence-corrected chi connectivity index (χ3v) is 4.39. The molecule has 0 N–H and O–H groups in total. The molecule has 0 bridgehead atoms. The highest BCUT2D eigenvalue weighted by molar-refractivity contribution is 6.11. The lowest BCUT2D eigenvalue weighted by molar-refractivity contribution is -0.0584. The van der Waals surface area contributed by atoms with Crippen molar-refractivity contribution in [3.63, 3.8) is 0 Å². The van der Waals surface area contributed by atoms with Gasteiger partial charge in [-0.2, -0.15) is 0 Å². The molecule has 8 heteroatoms. The largest absolute Gasteiger partial charge is 0.382 e. The van der Waals surface area contributed by atoms with Crippen LogP contribution >= 0.6 is 0 Å². The normalized spacial score (nSPS) is 27.1. The lowest BCUT2D eigenvalue weighted by Crippen LogP contribution is -2.42. The molecule has 0 aliphatic carbocycles. The van der Waals surface area contributed by atoms with Crippen molar-refractivity contribution >= 4 is 7.85 Å². The van der Waals surface area contributed by atoms with Gasteiger partial charge in [0.1, 0.15) is 26.2 Å². The van der Waals surface area contributed by atoms with Gasteiger partial charge in [-0.3, -0.25) is 4.90 Å². The predicted molar refractivity (Wildman–Crippen MR) is 100 cm³/mol. The number of hydrogen-bond donors (Lipinski definition) is 0. The van der Waals surface area contributed by atoms with E-state index in [2.05, 4.69) is 42.9 Å². The van der Waals surface area contributed by atoms with Crippen LogP contribution in [-0.4, -0.2) is 135 Å². The second kappa shape index (κ2) is 12.2. The minimum atomic E-state index is -0.484. The molecule has 0 aromatic carbocycles. The summed E-state index contributed by atoms with van der Waals surface area (Å²) in [5, 5.41) is 0. The first-order valence-electron chi connectivity index (χ1n) is 8.95. The lowest BCUT2D eigenvalue weighted by atomic mass is 9.93. The fraction of sp³-hybridized carbons (Fsp3) is 1.00. The van der Waals surface area contributed by atoms with E-state index >= 15 is 0 Å². The van der Waals surface area contributed by atoms with Gasteiger partial charge in [0.05, 0.1) is 13.2 Å². The van der Waals surface area contributed by atoms with Gasteiger partial charge in [-0.15, -0.1) is 0 Å². The van der Waals surface area contributed by atoms with E-state index in [-0.39, 0.29) is 18.3 Å². The van der Waals surface area contributed by atoms with Crippen LogP contribution in [0.2, 0.25) is 0 Å². The smallest absolute Gasteiger partial charge is 0.113 e. The van der Waals surface area contributed by atoms with Crippen LogP contribution in [0.15, 0.2) is 0 Å². The van der Waals surface area contributed by atoms with E-state index < -0.39 is 6.00 Å². The monoisotopic (exact) mass is 357 g/mol. The maximum Gasteiger partial charge on any atom is 0.113 e. The fourth-order valence-corrected chi connectivity index (χ4v) is 2.87. The van der Waals surface area contributed by atoms with E-state index in [1.165, 1.54) is 0 Å². The maximum absolute atomic E-state index is 6.07. The van der Waals surface area contributed by atoms with E-state index in [0.29, 0.717) is 13.2 Å². The Kier molecular flexibility index (Phi) is 11.2. The third-order valence-electron chi connectivity index (χ3n) is 4.39. The molecule has 1 unspecified atom stereocenters. The molecule has 1 aliphatic heterocycles.